The molecule has 0 amide bonds. The Bertz CT molecular complexity index is 1030. The van der Waals surface area contributed by atoms with Gasteiger partial charge in [-0.25, -0.2) is 8.78 Å². The van der Waals surface area contributed by atoms with Gasteiger partial charge in [-0.3, -0.25) is 0 Å². The first kappa shape index (κ1) is 26.0. The predicted octanol–water partition coefficient (Wildman–Crippen LogP) is 6.20. The van der Waals surface area contributed by atoms with Crippen LogP contribution in [0.2, 0.25) is 0 Å². The van der Waals surface area contributed by atoms with Crippen molar-refractivity contribution in [2.75, 3.05) is 25.0 Å². The highest BCUT2D eigenvalue weighted by Crippen LogP contribution is 2.31. The van der Waals surface area contributed by atoms with Gasteiger partial charge in [-0.05, 0) is 74.2 Å². The van der Waals surface area contributed by atoms with Crippen molar-refractivity contribution in [3.8, 4) is 11.3 Å². The second-order valence-corrected chi connectivity index (χ2v) is 8.67. The third-order valence-electron chi connectivity index (χ3n) is 5.36. The van der Waals surface area contributed by atoms with Crippen molar-refractivity contribution in [1.82, 2.24) is 5.32 Å². The van der Waals surface area contributed by atoms with Crippen LogP contribution < -0.4 is 10.6 Å². The van der Waals surface area contributed by atoms with Crippen LogP contribution in [0, 0.1) is 11.6 Å². The Morgan fingerprint density at radius 1 is 1.00 bits per heavy atom. The molecule has 3 N–H and O–H groups in total. The molecule has 0 bridgehead atoms. The van der Waals surface area contributed by atoms with E-state index >= 15 is 0 Å². The Kier molecular flexibility index (Phi) is 10.6. The molecule has 0 saturated carbocycles. The molecule has 0 aliphatic heterocycles. The molecule has 1 aromatic heterocycles. The van der Waals surface area contributed by atoms with Crippen molar-refractivity contribution >= 4 is 13.9 Å². The molecule has 0 saturated heterocycles. The summed E-state index contributed by atoms with van der Waals surface area (Å²) >= 11 is 0. The van der Waals surface area contributed by atoms with E-state index in [9.17, 15) is 13.3 Å². The van der Waals surface area contributed by atoms with Gasteiger partial charge in [0, 0.05) is 34.5 Å². The first-order valence-corrected chi connectivity index (χ1v) is 12.5. The van der Waals surface area contributed by atoms with Gasteiger partial charge in [-0.15, -0.1) is 9.42 Å². The molecule has 0 aliphatic rings. The molecule has 1 atom stereocenters. The number of furan rings is 1. The van der Waals surface area contributed by atoms with Gasteiger partial charge in [0.1, 0.15) is 24.0 Å². The number of halogens is 2. The quantitative estimate of drug-likeness (QED) is 0.174. The van der Waals surface area contributed by atoms with Crippen LogP contribution >= 0.6 is 8.25 Å². The van der Waals surface area contributed by atoms with Gasteiger partial charge in [-0.2, -0.15) is 0 Å². The summed E-state index contributed by atoms with van der Waals surface area (Å²) in [4.78, 5) is 8.62. The van der Waals surface area contributed by atoms with Gasteiger partial charge < -0.3 is 15.1 Å². The maximum atomic E-state index is 14.8. The summed E-state index contributed by atoms with van der Waals surface area (Å²) in [5.41, 5.74) is 3.09. The molecular weight excluding hydrogens is 461 g/mol. The summed E-state index contributed by atoms with van der Waals surface area (Å²) in [5.74, 6) is 0.109. The lowest BCUT2D eigenvalue weighted by Crippen LogP contribution is -2.17. The van der Waals surface area contributed by atoms with Crippen LogP contribution in [0.1, 0.15) is 36.8 Å². The normalized spacial score (nSPS) is 11.6. The number of hydrogen-bond acceptors (Lipinski definition) is 5. The lowest BCUT2D eigenvalue weighted by molar-refractivity contribution is 0.276. The van der Waals surface area contributed by atoms with Gasteiger partial charge in [-0.1, -0.05) is 18.6 Å². The first-order valence-electron chi connectivity index (χ1n) is 11.4. The largest absolute Gasteiger partial charge is 0.694 e. The Morgan fingerprint density at radius 3 is 2.56 bits per heavy atom. The van der Waals surface area contributed by atoms with Crippen LogP contribution in [0.5, 0.6) is 0 Å². The van der Waals surface area contributed by atoms with E-state index in [0.717, 1.165) is 36.8 Å². The van der Waals surface area contributed by atoms with Crippen molar-refractivity contribution in [2.45, 2.75) is 38.6 Å². The number of aryl methyl sites for hydroxylation is 1. The topological polar surface area (TPSA) is 83.7 Å². The van der Waals surface area contributed by atoms with Crippen LogP contribution in [0.4, 0.5) is 14.5 Å². The monoisotopic (exact) mass is 491 g/mol. The fourth-order valence-corrected chi connectivity index (χ4v) is 3.89. The predicted molar refractivity (Wildman–Crippen MR) is 129 cm³/mol. The molecule has 6 nitrogen and oxygen atoms in total. The summed E-state index contributed by atoms with van der Waals surface area (Å²) in [6, 6.07) is 13.5. The molecule has 182 valence electrons. The van der Waals surface area contributed by atoms with Crippen LogP contribution in [0.15, 0.2) is 59.2 Å². The number of unbranched alkanes of at least 4 members (excludes halogenated alkanes) is 2. The molecule has 0 spiro atoms. The summed E-state index contributed by atoms with van der Waals surface area (Å²) in [5, 5.41) is 6.46. The second-order valence-electron chi connectivity index (χ2n) is 7.93. The SMILES string of the molecule is O=[P+](O)OCCCNCc1cc(-c2ccco2)c(NCCCCCc2ccc(F)cc2)cc1F. The highest BCUT2D eigenvalue weighted by atomic mass is 31.1. The smallest absolute Gasteiger partial charge is 0.464 e. The minimum Gasteiger partial charge on any atom is -0.464 e. The maximum absolute atomic E-state index is 14.8. The second kappa shape index (κ2) is 13.9. The van der Waals surface area contributed by atoms with E-state index in [0.29, 0.717) is 43.1 Å². The van der Waals surface area contributed by atoms with Crippen molar-refractivity contribution < 1.29 is 27.2 Å². The molecule has 0 aliphatic carbocycles. The van der Waals surface area contributed by atoms with E-state index in [1.54, 1.807) is 18.4 Å². The molecule has 2 aromatic carbocycles. The number of benzene rings is 2. The summed E-state index contributed by atoms with van der Waals surface area (Å²) in [7, 11) is -2.59. The van der Waals surface area contributed by atoms with Crippen LogP contribution in [-0.4, -0.2) is 24.6 Å². The van der Waals surface area contributed by atoms with Gasteiger partial charge >= 0.3 is 8.25 Å². The molecule has 9 heteroatoms. The van der Waals surface area contributed by atoms with E-state index in [1.165, 1.54) is 18.2 Å². The summed E-state index contributed by atoms with van der Waals surface area (Å²) in [6.45, 7) is 1.69. The van der Waals surface area contributed by atoms with Crippen LogP contribution in [0.3, 0.4) is 0 Å². The van der Waals surface area contributed by atoms with E-state index in [2.05, 4.69) is 15.2 Å². The molecule has 0 radical (unpaired) electrons. The Morgan fingerprint density at radius 2 is 1.82 bits per heavy atom. The molecule has 1 heterocycles. The highest BCUT2D eigenvalue weighted by Gasteiger charge is 2.14. The number of hydrogen-bond donors (Lipinski definition) is 3. The molecule has 3 rings (SSSR count). The third-order valence-corrected chi connectivity index (χ3v) is 5.76. The fraction of sp³-hybridized carbons (Fsp3) is 0.360. The van der Waals surface area contributed by atoms with Gasteiger partial charge in [0.2, 0.25) is 0 Å². The Labute approximate surface area is 199 Å². The van der Waals surface area contributed by atoms with Gasteiger partial charge in [0.05, 0.1) is 6.26 Å². The summed E-state index contributed by atoms with van der Waals surface area (Å²) in [6.07, 6.45) is 5.94. The fourth-order valence-electron chi connectivity index (χ4n) is 3.60. The zero-order chi connectivity index (χ0) is 24.2. The highest BCUT2D eigenvalue weighted by molar-refractivity contribution is 7.32. The lowest BCUT2D eigenvalue weighted by atomic mass is 10.0. The standard InChI is InChI=1S/C25H29F2N2O4P/c26-21-10-8-19(9-11-21)6-2-1-3-13-29-24-17-23(27)20(16-22(24)25-7-4-14-32-25)18-28-12-5-15-33-34(30)31/h4,7-11,14,16-17,28-29H,1-3,5-6,12-13,15,18H2/p+1. The first-order chi connectivity index (χ1) is 16.5. The zero-order valence-corrected chi connectivity index (χ0v) is 19.8. The molecule has 1 unspecified atom stereocenters. The third kappa shape index (κ3) is 8.61. The minimum atomic E-state index is -2.59. The number of nitrogens with one attached hydrogen (secondary N) is 2. The van der Waals surface area contributed by atoms with Crippen LogP contribution in [0.25, 0.3) is 11.3 Å². The number of anilines is 1. The number of rotatable bonds is 15. The van der Waals surface area contributed by atoms with E-state index in [1.807, 2.05) is 18.2 Å². The molecule has 34 heavy (non-hydrogen) atoms. The minimum absolute atomic E-state index is 0.158. The Balaban J connectivity index is 1.50. The maximum Gasteiger partial charge on any atom is 0.694 e. The lowest BCUT2D eigenvalue weighted by Gasteiger charge is -2.14. The van der Waals surface area contributed by atoms with E-state index in [4.69, 9.17) is 9.31 Å². The van der Waals surface area contributed by atoms with Crippen molar-refractivity contribution in [1.29, 1.82) is 0 Å². The Hall–Kier alpha value is -2.64. The van der Waals surface area contributed by atoms with E-state index in [-0.39, 0.29) is 18.2 Å². The molecule has 3 aromatic rings. The van der Waals surface area contributed by atoms with Crippen LogP contribution in [-0.2, 0) is 22.1 Å². The average Bonchev–Trinajstić information content (AvgIpc) is 3.35. The van der Waals surface area contributed by atoms with Gasteiger partial charge in [0.25, 0.3) is 0 Å². The molecular formula is C25H30F2N2O4P+. The van der Waals surface area contributed by atoms with Crippen molar-refractivity contribution in [2.24, 2.45) is 0 Å². The van der Waals surface area contributed by atoms with E-state index < -0.39 is 8.25 Å². The zero-order valence-electron chi connectivity index (χ0n) is 18.9. The molecule has 0 fully saturated rings. The van der Waals surface area contributed by atoms with Crippen molar-refractivity contribution in [3.05, 3.63) is 77.6 Å². The average molecular weight is 491 g/mol. The van der Waals surface area contributed by atoms with Gasteiger partial charge in [0.15, 0.2) is 0 Å². The summed E-state index contributed by atoms with van der Waals surface area (Å²) < 4.78 is 48.4. The van der Waals surface area contributed by atoms with Crippen molar-refractivity contribution in [3.63, 3.8) is 0 Å².